The van der Waals surface area contributed by atoms with Crippen molar-refractivity contribution < 1.29 is 24.3 Å². The summed E-state index contributed by atoms with van der Waals surface area (Å²) >= 11 is 0. The molecule has 0 saturated carbocycles. The number of hydrogen-bond donors (Lipinski definition) is 6. The van der Waals surface area contributed by atoms with Crippen LogP contribution in [0, 0.1) is 5.92 Å². The minimum atomic E-state index is -1.21. The highest BCUT2D eigenvalue weighted by atomic mass is 16.4. The van der Waals surface area contributed by atoms with Gasteiger partial charge in [-0.15, -0.1) is 0 Å². The normalized spacial score (nSPS) is 17.8. The van der Waals surface area contributed by atoms with Crippen LogP contribution in [0.3, 0.4) is 0 Å². The van der Waals surface area contributed by atoms with Gasteiger partial charge in [-0.3, -0.25) is 14.4 Å². The first-order valence-electron chi connectivity index (χ1n) is 14.2. The molecule has 3 amide bonds. The average molecular weight is 562 g/mol. The maximum Gasteiger partial charge on any atom is 0.326 e. The van der Waals surface area contributed by atoms with E-state index in [1.807, 2.05) is 68.4 Å². The number of carboxylic acid groups (broad SMARTS) is 1. The van der Waals surface area contributed by atoms with Gasteiger partial charge in [0, 0.05) is 29.9 Å². The molecule has 2 aromatic carbocycles. The van der Waals surface area contributed by atoms with Crippen molar-refractivity contribution in [3.63, 3.8) is 0 Å². The number of carbonyl (C=O) groups is 4. The van der Waals surface area contributed by atoms with Gasteiger partial charge < -0.3 is 31.4 Å². The Hall–Kier alpha value is -4.18. The zero-order valence-electron chi connectivity index (χ0n) is 23.5. The van der Waals surface area contributed by atoms with E-state index in [4.69, 9.17) is 0 Å². The first kappa shape index (κ1) is 29.8. The first-order valence-corrected chi connectivity index (χ1v) is 14.2. The Morgan fingerprint density at radius 2 is 1.63 bits per heavy atom. The molecule has 6 N–H and O–H groups in total. The lowest BCUT2D eigenvalue weighted by Crippen LogP contribution is -2.59. The van der Waals surface area contributed by atoms with Gasteiger partial charge in [-0.1, -0.05) is 68.8 Å². The van der Waals surface area contributed by atoms with Crippen molar-refractivity contribution in [1.29, 1.82) is 0 Å². The van der Waals surface area contributed by atoms with E-state index in [-0.39, 0.29) is 30.7 Å². The quantitative estimate of drug-likeness (QED) is 0.188. The van der Waals surface area contributed by atoms with E-state index in [2.05, 4.69) is 26.3 Å². The van der Waals surface area contributed by atoms with E-state index in [1.165, 1.54) is 0 Å². The van der Waals surface area contributed by atoms with Gasteiger partial charge >= 0.3 is 5.97 Å². The summed E-state index contributed by atoms with van der Waals surface area (Å²) in [5.74, 6) is -2.69. The lowest BCUT2D eigenvalue weighted by molar-refractivity contribution is -0.142. The molecule has 0 radical (unpaired) electrons. The molecular weight excluding hydrogens is 522 g/mol. The number of nitrogens with one attached hydrogen (secondary N) is 5. The molecule has 10 nitrogen and oxygen atoms in total. The second-order valence-electron chi connectivity index (χ2n) is 10.7. The predicted molar refractivity (Wildman–Crippen MR) is 156 cm³/mol. The molecule has 218 valence electrons. The molecule has 0 aliphatic carbocycles. The van der Waals surface area contributed by atoms with Crippen molar-refractivity contribution in [3.05, 3.63) is 71.9 Å². The van der Waals surface area contributed by atoms with Crippen LogP contribution in [0.15, 0.2) is 60.8 Å². The smallest absolute Gasteiger partial charge is 0.326 e. The second kappa shape index (κ2) is 13.9. The third kappa shape index (κ3) is 7.73. The van der Waals surface area contributed by atoms with E-state index in [0.29, 0.717) is 12.8 Å². The molecule has 1 aliphatic rings. The van der Waals surface area contributed by atoms with Gasteiger partial charge in [0.1, 0.15) is 18.1 Å². The number of aromatic amines is 1. The van der Waals surface area contributed by atoms with Crippen LogP contribution in [0.4, 0.5) is 0 Å². The van der Waals surface area contributed by atoms with Crippen LogP contribution >= 0.6 is 0 Å². The Morgan fingerprint density at radius 1 is 0.927 bits per heavy atom. The summed E-state index contributed by atoms with van der Waals surface area (Å²) in [5, 5.41) is 22.4. The molecule has 4 rings (SSSR count). The fourth-order valence-electron chi connectivity index (χ4n) is 5.18. The molecular formula is C31H39N5O5. The zero-order valence-corrected chi connectivity index (χ0v) is 23.5. The van der Waals surface area contributed by atoms with E-state index in [1.54, 1.807) is 6.20 Å². The molecule has 1 fully saturated rings. The number of H-pyrrole nitrogens is 1. The van der Waals surface area contributed by atoms with Crippen LogP contribution in [0.25, 0.3) is 10.9 Å². The number of aromatic nitrogens is 1. The van der Waals surface area contributed by atoms with Gasteiger partial charge in [0.25, 0.3) is 0 Å². The Morgan fingerprint density at radius 3 is 2.32 bits per heavy atom. The Kier molecular flexibility index (Phi) is 10.1. The molecule has 10 heteroatoms. The number of hydrogen-bond acceptors (Lipinski definition) is 5. The third-order valence-electron chi connectivity index (χ3n) is 7.80. The highest BCUT2D eigenvalue weighted by Gasteiger charge is 2.33. The van der Waals surface area contributed by atoms with E-state index in [0.717, 1.165) is 35.0 Å². The average Bonchev–Trinajstić information content (AvgIpc) is 3.66. The van der Waals surface area contributed by atoms with Crippen LogP contribution in [0.2, 0.25) is 0 Å². The number of rotatable bonds is 13. The molecule has 5 atom stereocenters. The van der Waals surface area contributed by atoms with Crippen LogP contribution in [-0.4, -0.2) is 64.5 Å². The number of carboxylic acids is 1. The molecule has 1 aromatic heterocycles. The van der Waals surface area contributed by atoms with Crippen LogP contribution < -0.4 is 21.3 Å². The van der Waals surface area contributed by atoms with Gasteiger partial charge in [0.15, 0.2) is 0 Å². The fraction of sp³-hybridized carbons (Fsp3) is 0.419. The summed E-state index contributed by atoms with van der Waals surface area (Å²) in [4.78, 5) is 55.4. The van der Waals surface area contributed by atoms with E-state index >= 15 is 0 Å². The monoisotopic (exact) mass is 561 g/mol. The van der Waals surface area contributed by atoms with Crippen molar-refractivity contribution in [2.24, 2.45) is 5.92 Å². The number of aliphatic carboxylic acids is 1. The number of fused-ring (bicyclic) bond motifs is 1. The standard InChI is InChI=1S/C31H39N5O5/c1-3-19(2)27(36-28(37)24-14-9-15-32-24)30(39)34-25(16-20-10-5-4-6-11-20)29(38)35-26(31(40)41)17-21-18-33-23-13-8-7-12-22(21)23/h4-8,10-13,18-19,24-27,32-33H,3,9,14-17H2,1-2H3,(H,34,39)(H,35,38)(H,36,37)(H,40,41). The topological polar surface area (TPSA) is 152 Å². The fourth-order valence-corrected chi connectivity index (χ4v) is 5.18. The molecule has 0 bridgehead atoms. The maximum atomic E-state index is 13.6. The lowest BCUT2D eigenvalue weighted by Gasteiger charge is -2.28. The van der Waals surface area contributed by atoms with Gasteiger partial charge in [-0.2, -0.15) is 0 Å². The summed E-state index contributed by atoms with van der Waals surface area (Å²) in [5.41, 5.74) is 2.44. The highest BCUT2D eigenvalue weighted by molar-refractivity contribution is 5.94. The van der Waals surface area contributed by atoms with Gasteiger partial charge in [-0.25, -0.2) is 4.79 Å². The van der Waals surface area contributed by atoms with Crippen molar-refractivity contribution in [2.75, 3.05) is 6.54 Å². The SMILES string of the molecule is CCC(C)C(NC(=O)C1CCCN1)C(=O)NC(Cc1ccccc1)C(=O)NC(Cc1c[nH]c2ccccc12)C(=O)O. The number of amides is 3. The van der Waals surface area contributed by atoms with Crippen molar-refractivity contribution in [2.45, 2.75) is 70.1 Å². The minimum Gasteiger partial charge on any atom is -0.480 e. The number of carbonyl (C=O) groups excluding carboxylic acids is 3. The number of para-hydroxylation sites is 1. The third-order valence-corrected chi connectivity index (χ3v) is 7.80. The molecule has 0 spiro atoms. The molecule has 1 aliphatic heterocycles. The Bertz CT molecular complexity index is 1350. The highest BCUT2D eigenvalue weighted by Crippen LogP contribution is 2.19. The van der Waals surface area contributed by atoms with Crippen LogP contribution in [-0.2, 0) is 32.0 Å². The number of benzene rings is 2. The Labute approximate surface area is 239 Å². The second-order valence-corrected chi connectivity index (χ2v) is 10.7. The predicted octanol–water partition coefficient (Wildman–Crippen LogP) is 2.29. The molecule has 41 heavy (non-hydrogen) atoms. The lowest BCUT2D eigenvalue weighted by atomic mass is 9.96. The van der Waals surface area contributed by atoms with Crippen molar-refractivity contribution in [1.82, 2.24) is 26.3 Å². The van der Waals surface area contributed by atoms with E-state index < -0.39 is 35.9 Å². The molecule has 3 aromatic rings. The van der Waals surface area contributed by atoms with Gasteiger partial charge in [-0.05, 0) is 42.5 Å². The summed E-state index contributed by atoms with van der Waals surface area (Å²) in [7, 11) is 0. The minimum absolute atomic E-state index is 0.0665. The van der Waals surface area contributed by atoms with Gasteiger partial charge in [0.05, 0.1) is 6.04 Å². The molecule has 2 heterocycles. The molecule has 1 saturated heterocycles. The zero-order chi connectivity index (χ0) is 29.4. The van der Waals surface area contributed by atoms with E-state index in [9.17, 15) is 24.3 Å². The first-order chi connectivity index (χ1) is 19.8. The summed E-state index contributed by atoms with van der Waals surface area (Å²) in [6.45, 7) is 4.56. The summed E-state index contributed by atoms with van der Waals surface area (Å²) in [6.07, 6.45) is 4.19. The Balaban J connectivity index is 1.52. The maximum absolute atomic E-state index is 13.6. The largest absolute Gasteiger partial charge is 0.480 e. The summed E-state index contributed by atoms with van der Waals surface area (Å²) in [6, 6.07) is 13.3. The molecule has 5 unspecified atom stereocenters. The van der Waals surface area contributed by atoms with Gasteiger partial charge in [0.2, 0.25) is 17.7 Å². The van der Waals surface area contributed by atoms with Crippen molar-refractivity contribution in [3.8, 4) is 0 Å². The van der Waals surface area contributed by atoms with Crippen LogP contribution in [0.1, 0.15) is 44.2 Å². The summed E-state index contributed by atoms with van der Waals surface area (Å²) < 4.78 is 0. The van der Waals surface area contributed by atoms with Crippen LogP contribution in [0.5, 0.6) is 0 Å². The van der Waals surface area contributed by atoms with Crippen molar-refractivity contribution >= 4 is 34.6 Å².